The normalized spacial score (nSPS) is 16.3. The van der Waals surface area contributed by atoms with Gasteiger partial charge in [0.2, 0.25) is 6.41 Å². The standard InChI is InChI=1S/C13H21N3O2S.C6H14/c1-3-12(19-4-2)13(14)15-18-9-11-5-7-16(10-17)8-6-11;1-4-5-6(2)3/h3-4,10-11H,2,5-9H2,1H3,(H2,14,15);6H,4-5H2,1-3H3/b12-3-;. The van der Waals surface area contributed by atoms with Gasteiger partial charge in [0.15, 0.2) is 5.84 Å². The van der Waals surface area contributed by atoms with E-state index in [0.717, 1.165) is 43.2 Å². The number of nitrogens with zero attached hydrogens (tertiary/aromatic N) is 2. The highest BCUT2D eigenvalue weighted by Gasteiger charge is 2.18. The van der Waals surface area contributed by atoms with Gasteiger partial charge in [0.1, 0.15) is 6.61 Å². The fourth-order valence-corrected chi connectivity index (χ4v) is 2.90. The maximum Gasteiger partial charge on any atom is 0.209 e. The van der Waals surface area contributed by atoms with Gasteiger partial charge >= 0.3 is 0 Å². The van der Waals surface area contributed by atoms with Crippen molar-refractivity contribution in [3.05, 3.63) is 23.0 Å². The quantitative estimate of drug-likeness (QED) is 0.284. The summed E-state index contributed by atoms with van der Waals surface area (Å²) >= 11 is 1.42. The van der Waals surface area contributed by atoms with Crippen molar-refractivity contribution in [2.75, 3.05) is 19.7 Å². The second-order valence-corrected chi connectivity index (χ2v) is 7.49. The van der Waals surface area contributed by atoms with E-state index in [1.54, 1.807) is 10.3 Å². The summed E-state index contributed by atoms with van der Waals surface area (Å²) in [5.74, 6) is 1.71. The molecule has 25 heavy (non-hydrogen) atoms. The molecule has 144 valence electrons. The predicted octanol–water partition coefficient (Wildman–Crippen LogP) is 4.37. The first kappa shape index (κ1) is 23.6. The molecule has 0 saturated carbocycles. The van der Waals surface area contributed by atoms with Gasteiger partial charge in [-0.1, -0.05) is 63.2 Å². The molecule has 6 heteroatoms. The van der Waals surface area contributed by atoms with Crippen molar-refractivity contribution in [3.8, 4) is 0 Å². The second-order valence-electron chi connectivity index (χ2n) is 6.48. The molecule has 0 aromatic carbocycles. The molecule has 0 spiro atoms. The van der Waals surface area contributed by atoms with Gasteiger partial charge in [-0.3, -0.25) is 4.79 Å². The maximum absolute atomic E-state index is 10.6. The molecule has 1 amide bonds. The molecule has 1 fully saturated rings. The lowest BCUT2D eigenvalue weighted by Crippen LogP contribution is -2.33. The summed E-state index contributed by atoms with van der Waals surface area (Å²) in [6, 6.07) is 0. The smallest absolute Gasteiger partial charge is 0.209 e. The molecule has 1 heterocycles. The Kier molecular flexibility index (Phi) is 14.0. The van der Waals surface area contributed by atoms with Gasteiger partial charge < -0.3 is 15.5 Å². The largest absolute Gasteiger partial charge is 0.394 e. The van der Waals surface area contributed by atoms with Crippen LogP contribution in [0.1, 0.15) is 53.4 Å². The van der Waals surface area contributed by atoms with Crippen LogP contribution in [0.15, 0.2) is 28.1 Å². The van der Waals surface area contributed by atoms with Crippen LogP contribution < -0.4 is 5.73 Å². The summed E-state index contributed by atoms with van der Waals surface area (Å²) in [7, 11) is 0. The minimum Gasteiger partial charge on any atom is -0.394 e. The van der Waals surface area contributed by atoms with E-state index in [2.05, 4.69) is 32.5 Å². The number of likely N-dealkylation sites (tertiary alicyclic amines) is 1. The first-order valence-electron chi connectivity index (χ1n) is 9.07. The second kappa shape index (κ2) is 14.9. The van der Waals surface area contributed by atoms with Crippen LogP contribution in [0.5, 0.6) is 0 Å². The molecule has 1 saturated heterocycles. The Morgan fingerprint density at radius 2 is 2.08 bits per heavy atom. The average Bonchev–Trinajstić information content (AvgIpc) is 2.60. The highest BCUT2D eigenvalue weighted by Crippen LogP contribution is 2.18. The monoisotopic (exact) mass is 369 g/mol. The van der Waals surface area contributed by atoms with Crippen LogP contribution in [0.4, 0.5) is 0 Å². The summed E-state index contributed by atoms with van der Waals surface area (Å²) in [4.78, 5) is 18.5. The summed E-state index contributed by atoms with van der Waals surface area (Å²) in [5, 5.41) is 5.62. The average molecular weight is 370 g/mol. The molecule has 0 radical (unpaired) electrons. The minimum atomic E-state index is 0.373. The topological polar surface area (TPSA) is 67.9 Å². The first-order chi connectivity index (χ1) is 12.0. The molecule has 0 aromatic rings. The van der Waals surface area contributed by atoms with E-state index < -0.39 is 0 Å². The molecule has 0 aromatic heterocycles. The fourth-order valence-electron chi connectivity index (χ4n) is 2.43. The molecule has 0 unspecified atom stereocenters. The van der Waals surface area contributed by atoms with Crippen LogP contribution in [-0.2, 0) is 9.63 Å². The Morgan fingerprint density at radius 1 is 1.44 bits per heavy atom. The van der Waals surface area contributed by atoms with E-state index in [-0.39, 0.29) is 0 Å². The van der Waals surface area contributed by atoms with Crippen LogP contribution >= 0.6 is 11.8 Å². The lowest BCUT2D eigenvalue weighted by molar-refractivity contribution is -0.119. The third-order valence-corrected chi connectivity index (χ3v) is 4.73. The Hall–Kier alpha value is -1.43. The third-order valence-electron chi connectivity index (χ3n) is 3.86. The van der Waals surface area contributed by atoms with Gasteiger partial charge in [-0.05, 0) is 37.0 Å². The zero-order chi connectivity index (χ0) is 19.1. The van der Waals surface area contributed by atoms with Gasteiger partial charge in [0.05, 0.1) is 4.91 Å². The van der Waals surface area contributed by atoms with Crippen molar-refractivity contribution in [2.45, 2.75) is 53.4 Å². The van der Waals surface area contributed by atoms with E-state index >= 15 is 0 Å². The molecule has 0 bridgehead atoms. The number of amidine groups is 1. The molecule has 1 rings (SSSR count). The lowest BCUT2D eigenvalue weighted by atomic mass is 9.98. The maximum atomic E-state index is 10.6. The number of allylic oxidation sites excluding steroid dienone is 1. The molecular weight excluding hydrogens is 334 g/mol. The van der Waals surface area contributed by atoms with Crippen LogP contribution in [-0.4, -0.2) is 36.8 Å². The van der Waals surface area contributed by atoms with Gasteiger partial charge in [-0.2, -0.15) is 0 Å². The number of piperidine rings is 1. The number of nitrogens with two attached hydrogens (primary N) is 1. The number of amides is 1. The van der Waals surface area contributed by atoms with Crippen molar-refractivity contribution >= 4 is 24.0 Å². The van der Waals surface area contributed by atoms with E-state index in [1.807, 2.05) is 13.0 Å². The van der Waals surface area contributed by atoms with Crippen molar-refractivity contribution in [1.29, 1.82) is 0 Å². The highest BCUT2D eigenvalue weighted by molar-refractivity contribution is 8.06. The molecule has 2 N–H and O–H groups in total. The summed E-state index contributed by atoms with van der Waals surface area (Å²) in [5.41, 5.74) is 5.81. The van der Waals surface area contributed by atoms with Crippen molar-refractivity contribution < 1.29 is 9.63 Å². The molecule has 5 nitrogen and oxygen atoms in total. The Labute approximate surface area is 157 Å². The van der Waals surface area contributed by atoms with Crippen LogP contribution in [0.2, 0.25) is 0 Å². The summed E-state index contributed by atoms with van der Waals surface area (Å²) < 4.78 is 0. The number of carbonyl (C=O) groups is 1. The summed E-state index contributed by atoms with van der Waals surface area (Å²) in [6.45, 7) is 14.4. The molecular formula is C19H35N3O2S. The summed E-state index contributed by atoms with van der Waals surface area (Å²) in [6.07, 6.45) is 7.38. The van der Waals surface area contributed by atoms with Gasteiger partial charge in [0, 0.05) is 13.1 Å². The molecule has 1 aliphatic heterocycles. The zero-order valence-electron chi connectivity index (χ0n) is 16.2. The lowest BCUT2D eigenvalue weighted by Gasteiger charge is -2.28. The number of rotatable bonds is 9. The Balaban J connectivity index is 0.000000823. The highest BCUT2D eigenvalue weighted by atomic mass is 32.2. The number of thioether (sulfide) groups is 1. The third kappa shape index (κ3) is 11.7. The molecule has 1 aliphatic rings. The van der Waals surface area contributed by atoms with Crippen molar-refractivity contribution in [3.63, 3.8) is 0 Å². The number of hydrogen-bond acceptors (Lipinski definition) is 4. The van der Waals surface area contributed by atoms with Crippen molar-refractivity contribution in [2.24, 2.45) is 22.7 Å². The van der Waals surface area contributed by atoms with E-state index in [4.69, 9.17) is 10.6 Å². The first-order valence-corrected chi connectivity index (χ1v) is 9.95. The molecule has 0 aliphatic carbocycles. The zero-order valence-corrected chi connectivity index (χ0v) is 17.1. The number of carbonyl (C=O) groups excluding carboxylic acids is 1. The van der Waals surface area contributed by atoms with Crippen LogP contribution in [0.3, 0.4) is 0 Å². The van der Waals surface area contributed by atoms with Crippen LogP contribution in [0, 0.1) is 11.8 Å². The predicted molar refractivity (Wildman–Crippen MR) is 109 cm³/mol. The van der Waals surface area contributed by atoms with Gasteiger partial charge in [-0.25, -0.2) is 0 Å². The van der Waals surface area contributed by atoms with Gasteiger partial charge in [-0.15, -0.1) is 0 Å². The number of hydrogen-bond donors (Lipinski definition) is 1. The van der Waals surface area contributed by atoms with Crippen molar-refractivity contribution in [1.82, 2.24) is 4.90 Å². The minimum absolute atomic E-state index is 0.373. The Bertz CT molecular complexity index is 428. The van der Waals surface area contributed by atoms with Crippen LogP contribution in [0.25, 0.3) is 0 Å². The van der Waals surface area contributed by atoms with E-state index in [1.165, 1.54) is 24.6 Å². The van der Waals surface area contributed by atoms with Gasteiger partial charge in [0.25, 0.3) is 0 Å². The SMILES string of the molecule is C=CSC(=C\C)/C(N)=N/OCC1CCN(C=O)CC1.CCCC(C)C. The van der Waals surface area contributed by atoms with E-state index in [0.29, 0.717) is 18.4 Å². The molecule has 0 atom stereocenters. The van der Waals surface area contributed by atoms with E-state index in [9.17, 15) is 4.79 Å². The Morgan fingerprint density at radius 3 is 2.48 bits per heavy atom. The number of oxime groups is 1. The fraction of sp³-hybridized carbons (Fsp3) is 0.684.